The van der Waals surface area contributed by atoms with Crippen molar-refractivity contribution >= 4 is 34.1 Å². The highest BCUT2D eigenvalue weighted by molar-refractivity contribution is 14.1. The van der Waals surface area contributed by atoms with Gasteiger partial charge in [0.05, 0.1) is 3.57 Å². The summed E-state index contributed by atoms with van der Waals surface area (Å²) in [7, 11) is 3.98. The maximum Gasteiger partial charge on any atom is 0.170 e. The van der Waals surface area contributed by atoms with Crippen LogP contribution in [0.3, 0.4) is 0 Å². The van der Waals surface area contributed by atoms with Gasteiger partial charge in [-0.3, -0.25) is 0 Å². The zero-order valence-electron chi connectivity index (χ0n) is 7.40. The Bertz CT molecular complexity index is 435. The van der Waals surface area contributed by atoms with E-state index in [4.69, 9.17) is 0 Å². The highest BCUT2D eigenvalue weighted by Crippen LogP contribution is 2.17. The number of aromatic nitrogens is 3. The van der Waals surface area contributed by atoms with Crippen LogP contribution in [0.5, 0.6) is 0 Å². The predicted molar refractivity (Wildman–Crippen MR) is 60.0 cm³/mol. The molecular formula is C8H9IN4. The Morgan fingerprint density at radius 1 is 1.38 bits per heavy atom. The molecule has 0 amide bonds. The molecule has 0 aromatic carbocycles. The van der Waals surface area contributed by atoms with Crippen LogP contribution in [0, 0.1) is 3.57 Å². The van der Waals surface area contributed by atoms with Gasteiger partial charge in [0.15, 0.2) is 5.65 Å². The van der Waals surface area contributed by atoms with Gasteiger partial charge in [0.2, 0.25) is 0 Å². The van der Waals surface area contributed by atoms with Crippen LogP contribution in [0.25, 0.3) is 5.65 Å². The summed E-state index contributed by atoms with van der Waals surface area (Å²) in [6, 6.07) is 4.07. The number of nitrogens with zero attached hydrogens (tertiary/aromatic N) is 4. The number of hydrogen-bond donors (Lipinski definition) is 0. The Labute approximate surface area is 89.7 Å². The minimum Gasteiger partial charge on any atom is -0.363 e. The topological polar surface area (TPSA) is 33.4 Å². The van der Waals surface area contributed by atoms with Crippen molar-refractivity contribution < 1.29 is 0 Å². The summed E-state index contributed by atoms with van der Waals surface area (Å²) in [5, 5.41) is 4.16. The second kappa shape index (κ2) is 3.13. The molecule has 0 spiro atoms. The van der Waals surface area contributed by atoms with Gasteiger partial charge in [-0.05, 0) is 34.7 Å². The summed E-state index contributed by atoms with van der Waals surface area (Å²) < 4.78 is 2.95. The molecule has 5 heteroatoms. The maximum absolute atomic E-state index is 4.18. The fourth-order valence-corrected chi connectivity index (χ4v) is 1.75. The molecule has 4 nitrogen and oxygen atoms in total. The van der Waals surface area contributed by atoms with Gasteiger partial charge in [-0.1, -0.05) is 0 Å². The van der Waals surface area contributed by atoms with Crippen molar-refractivity contribution in [1.82, 2.24) is 14.6 Å². The SMILES string of the molecule is CN(C)c1ccc(I)c2ncnn12. The average molecular weight is 288 g/mol. The van der Waals surface area contributed by atoms with Crippen molar-refractivity contribution in [3.05, 3.63) is 22.0 Å². The molecule has 0 radical (unpaired) electrons. The maximum atomic E-state index is 4.18. The largest absolute Gasteiger partial charge is 0.363 e. The first-order chi connectivity index (χ1) is 6.20. The molecule has 13 heavy (non-hydrogen) atoms. The van der Waals surface area contributed by atoms with Crippen LogP contribution in [0.1, 0.15) is 0 Å². The summed E-state index contributed by atoms with van der Waals surface area (Å²) >= 11 is 2.25. The quantitative estimate of drug-likeness (QED) is 0.744. The molecule has 0 N–H and O–H groups in total. The van der Waals surface area contributed by atoms with Crippen molar-refractivity contribution in [3.63, 3.8) is 0 Å². The Morgan fingerprint density at radius 3 is 2.85 bits per heavy atom. The third-order valence-corrected chi connectivity index (χ3v) is 2.66. The average Bonchev–Trinajstić information content (AvgIpc) is 2.53. The first-order valence-corrected chi connectivity index (χ1v) is 4.93. The molecular weight excluding hydrogens is 279 g/mol. The molecule has 0 aliphatic rings. The van der Waals surface area contributed by atoms with E-state index in [-0.39, 0.29) is 0 Å². The molecule has 2 heterocycles. The van der Waals surface area contributed by atoms with Gasteiger partial charge < -0.3 is 4.90 Å². The molecule has 0 aliphatic carbocycles. The highest BCUT2D eigenvalue weighted by Gasteiger charge is 2.06. The molecule has 2 aromatic heterocycles. The van der Waals surface area contributed by atoms with Crippen LogP contribution in [0.4, 0.5) is 5.82 Å². The third kappa shape index (κ3) is 1.37. The molecule has 0 aliphatic heterocycles. The van der Waals surface area contributed by atoms with E-state index in [1.165, 1.54) is 0 Å². The van der Waals surface area contributed by atoms with Gasteiger partial charge >= 0.3 is 0 Å². The first-order valence-electron chi connectivity index (χ1n) is 3.85. The van der Waals surface area contributed by atoms with E-state index in [1.807, 2.05) is 35.6 Å². The lowest BCUT2D eigenvalue weighted by atomic mass is 10.4. The van der Waals surface area contributed by atoms with E-state index in [0.717, 1.165) is 15.0 Å². The number of anilines is 1. The Hall–Kier alpha value is -0.850. The number of fused-ring (bicyclic) bond motifs is 1. The minimum atomic E-state index is 0.909. The van der Waals surface area contributed by atoms with E-state index in [9.17, 15) is 0 Å². The Balaban J connectivity index is 2.78. The molecule has 2 aromatic rings. The number of hydrogen-bond acceptors (Lipinski definition) is 3. The zero-order chi connectivity index (χ0) is 9.42. The summed E-state index contributed by atoms with van der Waals surface area (Å²) in [5.74, 6) is 1.04. The Morgan fingerprint density at radius 2 is 2.15 bits per heavy atom. The van der Waals surface area contributed by atoms with Crippen LogP contribution >= 0.6 is 22.6 Å². The summed E-state index contributed by atoms with van der Waals surface area (Å²) in [6.45, 7) is 0. The van der Waals surface area contributed by atoms with Crippen molar-refractivity contribution in [1.29, 1.82) is 0 Å². The van der Waals surface area contributed by atoms with E-state index in [0.29, 0.717) is 0 Å². The van der Waals surface area contributed by atoms with Gasteiger partial charge in [0, 0.05) is 14.1 Å². The molecule has 0 atom stereocenters. The highest BCUT2D eigenvalue weighted by atomic mass is 127. The van der Waals surface area contributed by atoms with Crippen molar-refractivity contribution in [2.45, 2.75) is 0 Å². The van der Waals surface area contributed by atoms with Crippen LogP contribution in [0.15, 0.2) is 18.5 Å². The smallest absolute Gasteiger partial charge is 0.170 e. The minimum absolute atomic E-state index is 0.909. The number of pyridine rings is 1. The van der Waals surface area contributed by atoms with E-state index >= 15 is 0 Å². The summed E-state index contributed by atoms with van der Waals surface area (Å²) in [5.41, 5.74) is 0.909. The molecule has 0 saturated carbocycles. The van der Waals surface area contributed by atoms with Crippen molar-refractivity contribution in [2.24, 2.45) is 0 Å². The molecule has 0 saturated heterocycles. The summed E-state index contributed by atoms with van der Waals surface area (Å²) in [6.07, 6.45) is 1.57. The standard InChI is InChI=1S/C8H9IN4/c1-12(2)7-4-3-6(9)8-10-5-11-13(7)8/h3-5H,1-2H3. The lowest BCUT2D eigenvalue weighted by molar-refractivity contribution is 0.910. The zero-order valence-corrected chi connectivity index (χ0v) is 9.56. The normalized spacial score (nSPS) is 10.7. The second-order valence-electron chi connectivity index (χ2n) is 2.93. The van der Waals surface area contributed by atoms with Crippen LogP contribution in [0.2, 0.25) is 0 Å². The van der Waals surface area contributed by atoms with Crippen LogP contribution in [-0.4, -0.2) is 28.7 Å². The monoisotopic (exact) mass is 288 g/mol. The first kappa shape index (κ1) is 8.74. The van der Waals surface area contributed by atoms with Gasteiger partial charge in [0.1, 0.15) is 12.1 Å². The second-order valence-corrected chi connectivity index (χ2v) is 4.09. The van der Waals surface area contributed by atoms with Gasteiger partial charge in [0.25, 0.3) is 0 Å². The molecule has 2 rings (SSSR count). The van der Waals surface area contributed by atoms with Crippen molar-refractivity contribution in [2.75, 3.05) is 19.0 Å². The third-order valence-electron chi connectivity index (χ3n) is 1.82. The van der Waals surface area contributed by atoms with Gasteiger partial charge in [-0.25, -0.2) is 4.98 Å². The lowest BCUT2D eigenvalue weighted by Crippen LogP contribution is -2.13. The number of halogens is 1. The van der Waals surface area contributed by atoms with Crippen molar-refractivity contribution in [3.8, 4) is 0 Å². The number of rotatable bonds is 1. The molecule has 0 unspecified atom stereocenters. The fraction of sp³-hybridized carbons (Fsp3) is 0.250. The molecule has 68 valence electrons. The van der Waals surface area contributed by atoms with Crippen LogP contribution in [-0.2, 0) is 0 Å². The molecule has 0 fully saturated rings. The van der Waals surface area contributed by atoms with E-state index < -0.39 is 0 Å². The Kier molecular flexibility index (Phi) is 2.10. The predicted octanol–water partition coefficient (Wildman–Crippen LogP) is 1.40. The lowest BCUT2D eigenvalue weighted by Gasteiger charge is -2.13. The molecule has 0 bridgehead atoms. The van der Waals surface area contributed by atoms with E-state index in [2.05, 4.69) is 32.7 Å². The van der Waals surface area contributed by atoms with E-state index in [1.54, 1.807) is 6.33 Å². The van der Waals surface area contributed by atoms with Gasteiger partial charge in [-0.2, -0.15) is 9.61 Å². The van der Waals surface area contributed by atoms with Crippen LogP contribution < -0.4 is 4.90 Å². The summed E-state index contributed by atoms with van der Waals surface area (Å²) in [4.78, 5) is 6.19. The fourth-order valence-electron chi connectivity index (χ4n) is 1.20. The van der Waals surface area contributed by atoms with Gasteiger partial charge in [-0.15, -0.1) is 0 Å².